The molecule has 190 valence electrons. The van der Waals surface area contributed by atoms with Crippen LogP contribution in [0, 0.1) is 0 Å². The number of fused-ring (bicyclic) bond motifs is 1. The van der Waals surface area contributed by atoms with E-state index < -0.39 is 17.6 Å². The van der Waals surface area contributed by atoms with Crippen LogP contribution in [0.15, 0.2) is 70.8 Å². The first-order valence-corrected chi connectivity index (χ1v) is 12.3. The van der Waals surface area contributed by atoms with Crippen LogP contribution in [0.2, 0.25) is 10.0 Å². The molecule has 0 aliphatic carbocycles. The summed E-state index contributed by atoms with van der Waals surface area (Å²) in [6.07, 6.45) is -2.24. The van der Waals surface area contributed by atoms with Crippen LogP contribution in [-0.4, -0.2) is 34.0 Å². The molecule has 0 N–H and O–H groups in total. The van der Waals surface area contributed by atoms with E-state index in [1.54, 1.807) is 18.3 Å². The number of amides is 1. The minimum atomic E-state index is -4.60. The van der Waals surface area contributed by atoms with Gasteiger partial charge in [0.15, 0.2) is 0 Å². The maximum Gasteiger partial charge on any atom is 0.403 e. The van der Waals surface area contributed by atoms with E-state index in [2.05, 4.69) is 15.0 Å². The Labute approximate surface area is 221 Å². The first kappa shape index (κ1) is 25.4. The number of benzene rings is 2. The van der Waals surface area contributed by atoms with Gasteiger partial charge < -0.3 is 4.90 Å². The molecule has 0 saturated heterocycles. The summed E-state index contributed by atoms with van der Waals surface area (Å²) < 4.78 is 43.4. The number of alkyl halides is 3. The second kappa shape index (κ2) is 9.58. The van der Waals surface area contributed by atoms with Crippen LogP contribution in [-0.2, 0) is 23.3 Å². The maximum atomic E-state index is 14.5. The Morgan fingerprint density at radius 3 is 2.54 bits per heavy atom. The number of halogens is 5. The number of amidine groups is 1. The summed E-state index contributed by atoms with van der Waals surface area (Å²) in [5.41, 5.74) is 0.734. The molecule has 1 aromatic heterocycles. The Morgan fingerprint density at radius 1 is 1.14 bits per heavy atom. The fourth-order valence-electron chi connectivity index (χ4n) is 4.91. The molecule has 5 nitrogen and oxygen atoms in total. The lowest BCUT2D eigenvalue weighted by Crippen LogP contribution is -2.42. The van der Waals surface area contributed by atoms with Crippen LogP contribution in [0.1, 0.15) is 47.3 Å². The first-order chi connectivity index (χ1) is 17.6. The highest BCUT2D eigenvalue weighted by Crippen LogP contribution is 2.51. The van der Waals surface area contributed by atoms with Gasteiger partial charge in [0.2, 0.25) is 5.91 Å². The van der Waals surface area contributed by atoms with Gasteiger partial charge >= 0.3 is 6.18 Å². The van der Waals surface area contributed by atoms with Gasteiger partial charge in [-0.15, -0.1) is 0 Å². The minimum Gasteiger partial charge on any atom is -0.346 e. The zero-order valence-corrected chi connectivity index (χ0v) is 21.1. The molecule has 0 radical (unpaired) electrons. The van der Waals surface area contributed by atoms with Crippen molar-refractivity contribution in [3.8, 4) is 0 Å². The summed E-state index contributed by atoms with van der Waals surface area (Å²) >= 11 is 12.1. The van der Waals surface area contributed by atoms with Gasteiger partial charge in [-0.25, -0.2) is 0 Å². The number of hydrogen-bond donors (Lipinski definition) is 0. The molecule has 3 aromatic rings. The van der Waals surface area contributed by atoms with Crippen LogP contribution in [0.25, 0.3) is 0 Å². The summed E-state index contributed by atoms with van der Waals surface area (Å²) in [7, 11) is 0. The number of hydrogen-bond acceptors (Lipinski definition) is 3. The van der Waals surface area contributed by atoms with Crippen molar-refractivity contribution >= 4 is 41.2 Å². The fourth-order valence-corrected chi connectivity index (χ4v) is 5.43. The molecule has 37 heavy (non-hydrogen) atoms. The number of carbonyl (C=O) groups excluding carboxylic acids is 1. The predicted octanol–water partition coefficient (Wildman–Crippen LogP) is 6.71. The standard InChI is InChI=1S/C27H21Cl2F3N4O/c1-16(37)35-25-23-6-5-17(8-18(23)13-36(25)14-22-4-2-3-7-33-22)24-12-26(15-34-24,27(30,31)32)19-9-20(28)11-21(29)10-19/h2-11,15,24H,12-14H2,1H3/b35-25-. The summed E-state index contributed by atoms with van der Waals surface area (Å²) in [5.74, 6) is 0.182. The predicted molar refractivity (Wildman–Crippen MR) is 137 cm³/mol. The van der Waals surface area contributed by atoms with Crippen LogP contribution in [0.5, 0.6) is 0 Å². The van der Waals surface area contributed by atoms with Crippen molar-refractivity contribution in [1.29, 1.82) is 0 Å². The molecule has 0 fully saturated rings. The highest BCUT2D eigenvalue weighted by molar-refractivity contribution is 6.34. The molecule has 2 aliphatic heterocycles. The average molecular weight is 545 g/mol. The number of nitrogens with zero attached hydrogens (tertiary/aromatic N) is 4. The molecule has 5 rings (SSSR count). The SMILES string of the molecule is CC(=O)/N=C1/c2ccc(C3CC(c4cc(Cl)cc(Cl)c4)(C(F)(F)F)C=N3)cc2CN1Cc1ccccn1. The highest BCUT2D eigenvalue weighted by Gasteiger charge is 2.58. The first-order valence-electron chi connectivity index (χ1n) is 11.5. The lowest BCUT2D eigenvalue weighted by Gasteiger charge is -2.30. The number of rotatable bonds is 4. The topological polar surface area (TPSA) is 57.9 Å². The molecular formula is C27H21Cl2F3N4O. The van der Waals surface area contributed by atoms with Crippen LogP contribution in [0.3, 0.4) is 0 Å². The fraction of sp³-hybridized carbons (Fsp3) is 0.259. The van der Waals surface area contributed by atoms with Gasteiger partial charge in [0.25, 0.3) is 0 Å². The largest absolute Gasteiger partial charge is 0.403 e. The van der Waals surface area contributed by atoms with Crippen molar-refractivity contribution in [2.24, 2.45) is 9.98 Å². The van der Waals surface area contributed by atoms with Crippen molar-refractivity contribution in [1.82, 2.24) is 9.88 Å². The van der Waals surface area contributed by atoms with E-state index in [4.69, 9.17) is 23.2 Å². The molecule has 0 bridgehead atoms. The summed E-state index contributed by atoms with van der Waals surface area (Å²) in [6.45, 7) is 2.26. The van der Waals surface area contributed by atoms with E-state index in [1.165, 1.54) is 25.1 Å². The van der Waals surface area contributed by atoms with Gasteiger partial charge in [0.05, 0.1) is 18.3 Å². The molecule has 2 unspecified atom stereocenters. The molecule has 10 heteroatoms. The van der Waals surface area contributed by atoms with Crippen molar-refractivity contribution in [2.45, 2.75) is 44.1 Å². The van der Waals surface area contributed by atoms with Crippen LogP contribution in [0.4, 0.5) is 13.2 Å². The Balaban J connectivity index is 1.47. The molecule has 1 amide bonds. The van der Waals surface area contributed by atoms with Crippen molar-refractivity contribution < 1.29 is 18.0 Å². The van der Waals surface area contributed by atoms with Crippen molar-refractivity contribution in [3.05, 3.63) is 98.8 Å². The number of carbonyl (C=O) groups is 1. The van der Waals surface area contributed by atoms with E-state index in [-0.39, 0.29) is 27.9 Å². The van der Waals surface area contributed by atoms with Crippen molar-refractivity contribution in [3.63, 3.8) is 0 Å². The third kappa shape index (κ3) is 4.88. The monoisotopic (exact) mass is 544 g/mol. The molecule has 2 atom stereocenters. The zero-order chi connectivity index (χ0) is 26.4. The zero-order valence-electron chi connectivity index (χ0n) is 19.6. The molecule has 2 aromatic carbocycles. The molecular weight excluding hydrogens is 524 g/mol. The van der Waals surface area contributed by atoms with Crippen molar-refractivity contribution in [2.75, 3.05) is 0 Å². The Bertz CT molecular complexity index is 1400. The Morgan fingerprint density at radius 2 is 1.89 bits per heavy atom. The normalized spacial score (nSPS) is 22.1. The summed E-state index contributed by atoms with van der Waals surface area (Å²) in [6, 6.07) is 14.2. The van der Waals surface area contributed by atoms with Crippen LogP contribution < -0.4 is 0 Å². The lowest BCUT2D eigenvalue weighted by molar-refractivity contribution is -0.168. The summed E-state index contributed by atoms with van der Waals surface area (Å²) in [4.78, 5) is 26.7. The third-order valence-corrected chi connectivity index (χ3v) is 7.07. The van der Waals surface area contributed by atoms with E-state index in [0.29, 0.717) is 24.5 Å². The second-order valence-electron chi connectivity index (χ2n) is 9.17. The lowest BCUT2D eigenvalue weighted by atomic mass is 9.77. The van der Waals surface area contributed by atoms with E-state index in [9.17, 15) is 18.0 Å². The Kier molecular flexibility index (Phi) is 6.58. The molecule has 0 spiro atoms. The average Bonchev–Trinajstić information content (AvgIpc) is 3.42. The van der Waals surface area contributed by atoms with Gasteiger partial charge in [-0.05, 0) is 53.4 Å². The second-order valence-corrected chi connectivity index (χ2v) is 10.0. The number of aromatic nitrogens is 1. The number of aliphatic imine (C=N–C) groups is 2. The maximum absolute atomic E-state index is 14.5. The minimum absolute atomic E-state index is 0.0395. The van der Waals surface area contributed by atoms with Gasteiger partial charge in [-0.3, -0.25) is 14.8 Å². The van der Waals surface area contributed by atoms with Gasteiger partial charge in [-0.2, -0.15) is 18.2 Å². The van der Waals surface area contributed by atoms with Crippen LogP contribution >= 0.6 is 23.2 Å². The van der Waals surface area contributed by atoms with Gasteiger partial charge in [-0.1, -0.05) is 47.5 Å². The molecule has 3 heterocycles. The number of pyridine rings is 1. The van der Waals surface area contributed by atoms with Gasteiger partial charge in [0.1, 0.15) is 11.3 Å². The molecule has 0 saturated carbocycles. The smallest absolute Gasteiger partial charge is 0.346 e. The highest BCUT2D eigenvalue weighted by atomic mass is 35.5. The quantitative estimate of drug-likeness (QED) is 0.366. The molecule has 2 aliphatic rings. The Hall–Kier alpha value is -3.23. The van der Waals surface area contributed by atoms with E-state index in [0.717, 1.165) is 23.0 Å². The van der Waals surface area contributed by atoms with Gasteiger partial charge in [0, 0.05) is 41.5 Å². The summed E-state index contributed by atoms with van der Waals surface area (Å²) in [5, 5.41) is 0.261. The van der Waals surface area contributed by atoms with E-state index >= 15 is 0 Å². The third-order valence-electron chi connectivity index (χ3n) is 6.63. The van der Waals surface area contributed by atoms with E-state index in [1.807, 2.05) is 29.2 Å².